The summed E-state index contributed by atoms with van der Waals surface area (Å²) in [4.78, 5) is 26.3. The van der Waals surface area contributed by atoms with Crippen LogP contribution in [0.15, 0.2) is 24.3 Å². The number of cyclic esters (lactones) is 1. The highest BCUT2D eigenvalue weighted by Gasteiger charge is 2.59. The van der Waals surface area contributed by atoms with E-state index in [9.17, 15) is 9.59 Å². The third kappa shape index (κ3) is 2.66. The number of carbonyl (C=O) groups excluding carboxylic acids is 2. The first-order valence-electron chi connectivity index (χ1n) is 10.2. The minimum atomic E-state index is -0.342. The molecule has 2 heterocycles. The van der Waals surface area contributed by atoms with Crippen LogP contribution in [0.3, 0.4) is 0 Å². The number of piperidine rings is 1. The van der Waals surface area contributed by atoms with Gasteiger partial charge in [-0.05, 0) is 48.6 Å². The van der Waals surface area contributed by atoms with Gasteiger partial charge in [-0.3, -0.25) is 4.79 Å². The maximum absolute atomic E-state index is 12.9. The number of alkyl carbamates (subject to hydrolysis) is 1. The van der Waals surface area contributed by atoms with Crippen molar-refractivity contribution in [3.05, 3.63) is 35.4 Å². The smallest absolute Gasteiger partial charge is 0.407 e. The molecule has 0 bridgehead atoms. The van der Waals surface area contributed by atoms with Crippen LogP contribution < -0.4 is 5.32 Å². The van der Waals surface area contributed by atoms with E-state index in [1.165, 1.54) is 17.5 Å². The first-order valence-corrected chi connectivity index (χ1v) is 10.2. The van der Waals surface area contributed by atoms with Crippen molar-refractivity contribution in [2.24, 2.45) is 11.8 Å². The molecule has 1 aromatic rings. The molecule has 5 heteroatoms. The van der Waals surface area contributed by atoms with E-state index in [2.05, 4.69) is 48.3 Å². The molecule has 1 spiro atoms. The number of hydrogen-bond donors (Lipinski definition) is 1. The van der Waals surface area contributed by atoms with Crippen molar-refractivity contribution in [3.63, 3.8) is 0 Å². The first kappa shape index (κ1) is 17.1. The Morgan fingerprint density at radius 1 is 1.22 bits per heavy atom. The minimum absolute atomic E-state index is 0.0450. The van der Waals surface area contributed by atoms with Crippen LogP contribution in [0, 0.1) is 11.8 Å². The van der Waals surface area contributed by atoms with Gasteiger partial charge in [-0.1, -0.05) is 38.1 Å². The van der Waals surface area contributed by atoms with E-state index < -0.39 is 0 Å². The molecule has 1 aromatic carbocycles. The fourth-order valence-electron chi connectivity index (χ4n) is 5.54. The Balaban J connectivity index is 1.20. The Bertz CT molecular complexity index is 781. The number of benzene rings is 1. The van der Waals surface area contributed by atoms with E-state index >= 15 is 0 Å². The number of carbonyl (C=O) groups is 2. The third-order valence-corrected chi connectivity index (χ3v) is 7.43. The van der Waals surface area contributed by atoms with Crippen LogP contribution in [0.1, 0.15) is 56.6 Å². The number of amides is 2. The summed E-state index contributed by atoms with van der Waals surface area (Å²) in [6.45, 7) is 6.61. The van der Waals surface area contributed by atoms with Gasteiger partial charge >= 0.3 is 6.09 Å². The van der Waals surface area contributed by atoms with Crippen molar-refractivity contribution in [2.75, 3.05) is 19.7 Å². The lowest BCUT2D eigenvalue weighted by molar-refractivity contribution is -0.142. The van der Waals surface area contributed by atoms with Gasteiger partial charge in [0.1, 0.15) is 6.61 Å². The summed E-state index contributed by atoms with van der Waals surface area (Å²) in [5, 5.41) is 2.88. The molecule has 5 rings (SSSR count). The van der Waals surface area contributed by atoms with Crippen LogP contribution in [0.25, 0.3) is 0 Å². The van der Waals surface area contributed by atoms with Gasteiger partial charge in [-0.15, -0.1) is 0 Å². The zero-order valence-electron chi connectivity index (χ0n) is 16.2. The van der Waals surface area contributed by atoms with Gasteiger partial charge in [-0.2, -0.15) is 0 Å². The first-order chi connectivity index (χ1) is 12.9. The SMILES string of the molecule is CC(C)c1ccc(C23CCN(C(=O)C4CC5(COC(=O)N5)C4)CC2C3)cc1. The highest BCUT2D eigenvalue weighted by molar-refractivity contribution is 5.82. The van der Waals surface area contributed by atoms with Crippen LogP contribution >= 0.6 is 0 Å². The summed E-state index contributed by atoms with van der Waals surface area (Å²) in [6.07, 6.45) is 3.38. The number of nitrogens with zero attached hydrogens (tertiary/aromatic N) is 1. The zero-order chi connectivity index (χ0) is 18.8. The number of rotatable bonds is 3. The maximum atomic E-state index is 12.9. The summed E-state index contributed by atoms with van der Waals surface area (Å²) >= 11 is 0. The number of ether oxygens (including phenoxy) is 1. The van der Waals surface area contributed by atoms with Gasteiger partial charge in [0.05, 0.1) is 5.54 Å². The normalized spacial score (nSPS) is 36.9. The molecule has 4 fully saturated rings. The van der Waals surface area contributed by atoms with E-state index in [-0.39, 0.29) is 23.5 Å². The molecule has 27 heavy (non-hydrogen) atoms. The Morgan fingerprint density at radius 3 is 2.56 bits per heavy atom. The molecular weight excluding hydrogens is 340 g/mol. The second kappa shape index (κ2) is 5.73. The largest absolute Gasteiger partial charge is 0.447 e. The maximum Gasteiger partial charge on any atom is 0.407 e. The lowest BCUT2D eigenvalue weighted by Gasteiger charge is -2.44. The van der Waals surface area contributed by atoms with E-state index in [1.54, 1.807) is 0 Å². The third-order valence-electron chi connectivity index (χ3n) is 7.43. The van der Waals surface area contributed by atoms with Crippen molar-refractivity contribution in [1.82, 2.24) is 10.2 Å². The number of fused-ring (bicyclic) bond motifs is 1. The number of hydrogen-bond acceptors (Lipinski definition) is 3. The predicted molar refractivity (Wildman–Crippen MR) is 101 cm³/mol. The minimum Gasteiger partial charge on any atom is -0.447 e. The fourth-order valence-corrected chi connectivity index (χ4v) is 5.54. The van der Waals surface area contributed by atoms with E-state index in [0.29, 0.717) is 23.9 Å². The van der Waals surface area contributed by atoms with Crippen molar-refractivity contribution < 1.29 is 14.3 Å². The van der Waals surface area contributed by atoms with Crippen molar-refractivity contribution in [2.45, 2.75) is 56.4 Å². The van der Waals surface area contributed by atoms with E-state index in [1.807, 2.05) is 0 Å². The number of nitrogens with one attached hydrogen (secondary N) is 1. The molecule has 2 amide bonds. The highest BCUT2D eigenvalue weighted by Crippen LogP contribution is 2.59. The summed E-state index contributed by atoms with van der Waals surface area (Å²) in [7, 11) is 0. The van der Waals surface area contributed by atoms with Crippen LogP contribution in [-0.2, 0) is 14.9 Å². The average molecular weight is 368 g/mol. The summed E-state index contributed by atoms with van der Waals surface area (Å²) < 4.78 is 5.02. The predicted octanol–water partition coefficient (Wildman–Crippen LogP) is 3.19. The van der Waals surface area contributed by atoms with Gasteiger partial charge in [0.25, 0.3) is 0 Å². The Labute approximate surface area is 160 Å². The van der Waals surface area contributed by atoms with E-state index in [4.69, 9.17) is 4.74 Å². The summed E-state index contributed by atoms with van der Waals surface area (Å²) in [6, 6.07) is 9.16. The quantitative estimate of drug-likeness (QED) is 0.891. The summed E-state index contributed by atoms with van der Waals surface area (Å²) in [5.74, 6) is 1.48. The van der Waals surface area contributed by atoms with Gasteiger partial charge < -0.3 is 15.0 Å². The average Bonchev–Trinajstić information content (AvgIpc) is 3.25. The molecule has 2 aliphatic carbocycles. The van der Waals surface area contributed by atoms with Gasteiger partial charge in [0.15, 0.2) is 0 Å². The second-order valence-electron chi connectivity index (χ2n) is 9.45. The monoisotopic (exact) mass is 368 g/mol. The number of likely N-dealkylation sites (tertiary alicyclic amines) is 1. The van der Waals surface area contributed by atoms with Crippen LogP contribution in [0.5, 0.6) is 0 Å². The molecule has 144 valence electrons. The van der Waals surface area contributed by atoms with Crippen molar-refractivity contribution in [1.29, 1.82) is 0 Å². The Kier molecular flexibility index (Phi) is 3.62. The fraction of sp³-hybridized carbons (Fsp3) is 0.636. The standard InChI is InChI=1S/C22H28N2O3/c1-14(2)15-3-5-17(6-4-15)22-7-8-24(12-18(22)11-22)19(25)16-9-21(10-16)13-27-20(26)23-21/h3-6,14,16,18H,7-13H2,1-2H3,(H,23,26). The molecule has 1 N–H and O–H groups in total. The molecular formula is C22H28N2O3. The Morgan fingerprint density at radius 2 is 1.96 bits per heavy atom. The van der Waals surface area contributed by atoms with Crippen LogP contribution in [0.2, 0.25) is 0 Å². The molecule has 2 saturated heterocycles. The lowest BCUT2D eigenvalue weighted by atomic mass is 9.68. The van der Waals surface area contributed by atoms with Crippen molar-refractivity contribution in [3.8, 4) is 0 Å². The molecule has 0 aromatic heterocycles. The zero-order valence-corrected chi connectivity index (χ0v) is 16.2. The molecule has 2 aliphatic heterocycles. The van der Waals surface area contributed by atoms with Crippen LogP contribution in [0.4, 0.5) is 4.79 Å². The van der Waals surface area contributed by atoms with Crippen molar-refractivity contribution >= 4 is 12.0 Å². The van der Waals surface area contributed by atoms with Gasteiger partial charge in [0.2, 0.25) is 5.91 Å². The summed E-state index contributed by atoms with van der Waals surface area (Å²) in [5.41, 5.74) is 2.88. The second-order valence-corrected chi connectivity index (χ2v) is 9.45. The van der Waals surface area contributed by atoms with Gasteiger partial charge in [0, 0.05) is 24.4 Å². The van der Waals surface area contributed by atoms with Crippen LogP contribution in [-0.4, -0.2) is 42.1 Å². The highest BCUT2D eigenvalue weighted by atomic mass is 16.6. The van der Waals surface area contributed by atoms with Gasteiger partial charge in [-0.25, -0.2) is 4.79 Å². The van der Waals surface area contributed by atoms with E-state index in [0.717, 1.165) is 32.4 Å². The molecule has 4 aliphatic rings. The molecule has 0 radical (unpaired) electrons. The molecule has 5 nitrogen and oxygen atoms in total. The molecule has 2 saturated carbocycles. The molecule has 2 unspecified atom stereocenters. The molecule has 2 atom stereocenters. The topological polar surface area (TPSA) is 58.6 Å². The lowest BCUT2D eigenvalue weighted by Crippen LogP contribution is -2.58. The Hall–Kier alpha value is -2.04.